The van der Waals surface area contributed by atoms with E-state index in [-0.39, 0.29) is 5.78 Å². The molecule has 0 fully saturated rings. The molecule has 0 heterocycles. The summed E-state index contributed by atoms with van der Waals surface area (Å²) in [6, 6.07) is 8.93. The topological polar surface area (TPSA) is 54.4 Å². The molecule has 0 radical (unpaired) electrons. The second kappa shape index (κ2) is 4.98. The van der Waals surface area contributed by atoms with Crippen LogP contribution in [0.25, 0.3) is 0 Å². The second-order valence-electron chi connectivity index (χ2n) is 3.28. The van der Waals surface area contributed by atoms with E-state index in [0.29, 0.717) is 0 Å². The first-order valence-corrected chi connectivity index (χ1v) is 5.02. The van der Waals surface area contributed by atoms with Crippen LogP contribution in [0, 0.1) is 5.92 Å². The maximum absolute atomic E-state index is 11.2. The predicted octanol–water partition coefficient (Wildman–Crippen LogP) is 1.95. The second-order valence-corrected chi connectivity index (χ2v) is 3.84. The maximum Gasteiger partial charge on any atom is 0.315 e. The third-order valence-corrected chi connectivity index (χ3v) is 2.76. The van der Waals surface area contributed by atoms with Crippen LogP contribution >= 0.6 is 12.6 Å². The summed E-state index contributed by atoms with van der Waals surface area (Å²) >= 11 is 4.19. The van der Waals surface area contributed by atoms with Crippen molar-refractivity contribution in [2.45, 2.75) is 12.2 Å². The molecule has 2 atom stereocenters. The average Bonchev–Trinajstić information content (AvgIpc) is 2.18. The van der Waals surface area contributed by atoms with Crippen LogP contribution in [0.4, 0.5) is 0 Å². The van der Waals surface area contributed by atoms with Crippen LogP contribution in [0.2, 0.25) is 0 Å². The first-order chi connectivity index (χ1) is 7.04. The molecule has 1 aromatic carbocycles. The van der Waals surface area contributed by atoms with Gasteiger partial charge < -0.3 is 5.11 Å². The number of aliphatic carboxylic acids is 1. The molecule has 0 saturated carbocycles. The summed E-state index contributed by atoms with van der Waals surface area (Å²) in [6.07, 6.45) is 0. The Kier molecular flexibility index (Phi) is 3.91. The monoisotopic (exact) mass is 224 g/mol. The van der Waals surface area contributed by atoms with Gasteiger partial charge in [-0.1, -0.05) is 30.3 Å². The average molecular weight is 224 g/mol. The van der Waals surface area contributed by atoms with Crippen molar-refractivity contribution >= 4 is 24.4 Å². The van der Waals surface area contributed by atoms with Crippen LogP contribution in [-0.2, 0) is 9.59 Å². The highest BCUT2D eigenvalue weighted by Gasteiger charge is 2.30. The van der Waals surface area contributed by atoms with Gasteiger partial charge in [0.2, 0.25) is 0 Å². The number of rotatable bonds is 4. The van der Waals surface area contributed by atoms with Crippen molar-refractivity contribution in [3.8, 4) is 0 Å². The molecule has 1 rings (SSSR count). The number of hydrogen-bond acceptors (Lipinski definition) is 3. The molecule has 3 nitrogen and oxygen atoms in total. The minimum atomic E-state index is -1.13. The molecule has 2 unspecified atom stereocenters. The van der Waals surface area contributed by atoms with Gasteiger partial charge in [-0.15, -0.1) is 0 Å². The highest BCUT2D eigenvalue weighted by Crippen LogP contribution is 2.29. The number of carboxylic acids is 1. The van der Waals surface area contributed by atoms with Crippen LogP contribution in [0.1, 0.15) is 17.7 Å². The first-order valence-electron chi connectivity index (χ1n) is 4.50. The molecule has 0 amide bonds. The Bertz CT molecular complexity index is 347. The van der Waals surface area contributed by atoms with Crippen molar-refractivity contribution in [1.29, 1.82) is 0 Å². The Morgan fingerprint density at radius 1 is 1.27 bits per heavy atom. The normalized spacial score (nSPS) is 14.3. The lowest BCUT2D eigenvalue weighted by Gasteiger charge is -2.16. The standard InChI is InChI=1S/C11H12O3S/c1-7(12)9(11(13)14)10(15)8-5-3-2-4-6-8/h2-6,9-10,15H,1H3,(H,13,14). The van der Waals surface area contributed by atoms with Crippen molar-refractivity contribution in [2.75, 3.05) is 0 Å². The van der Waals surface area contributed by atoms with Crippen molar-refractivity contribution in [1.82, 2.24) is 0 Å². The molecule has 80 valence electrons. The third-order valence-electron chi connectivity index (χ3n) is 2.16. The lowest BCUT2D eigenvalue weighted by molar-refractivity contribution is -0.145. The number of carboxylic acid groups (broad SMARTS) is 1. The number of Topliss-reactive ketones (excluding diaryl/α,β-unsaturated/α-hetero) is 1. The molecule has 0 spiro atoms. The SMILES string of the molecule is CC(=O)C(C(=O)O)C(S)c1ccccc1. The molecule has 4 heteroatoms. The number of ketones is 1. The fourth-order valence-corrected chi connectivity index (χ4v) is 1.88. The zero-order valence-corrected chi connectivity index (χ0v) is 9.15. The minimum Gasteiger partial charge on any atom is -0.481 e. The molecule has 0 aliphatic heterocycles. The lowest BCUT2D eigenvalue weighted by Crippen LogP contribution is -2.25. The first kappa shape index (κ1) is 11.8. The van der Waals surface area contributed by atoms with E-state index in [1.807, 2.05) is 6.07 Å². The summed E-state index contributed by atoms with van der Waals surface area (Å²) in [7, 11) is 0. The van der Waals surface area contributed by atoms with Gasteiger partial charge in [0, 0.05) is 5.25 Å². The van der Waals surface area contributed by atoms with E-state index < -0.39 is 17.1 Å². The van der Waals surface area contributed by atoms with Crippen molar-refractivity contribution in [3.05, 3.63) is 35.9 Å². The Morgan fingerprint density at radius 2 is 1.80 bits per heavy atom. The highest BCUT2D eigenvalue weighted by atomic mass is 32.1. The molecule has 0 aliphatic carbocycles. The van der Waals surface area contributed by atoms with Gasteiger partial charge in [-0.05, 0) is 12.5 Å². The number of carbonyl (C=O) groups is 2. The maximum atomic E-state index is 11.2. The van der Waals surface area contributed by atoms with Gasteiger partial charge in [0.25, 0.3) is 0 Å². The molecular formula is C11H12O3S. The predicted molar refractivity (Wildman–Crippen MR) is 60.0 cm³/mol. The number of carbonyl (C=O) groups excluding carboxylic acids is 1. The quantitative estimate of drug-likeness (QED) is 0.607. The zero-order valence-electron chi connectivity index (χ0n) is 8.25. The summed E-state index contributed by atoms with van der Waals surface area (Å²) in [5, 5.41) is 8.31. The van der Waals surface area contributed by atoms with E-state index in [0.717, 1.165) is 5.56 Å². The molecule has 0 bridgehead atoms. The highest BCUT2D eigenvalue weighted by molar-refractivity contribution is 7.80. The van der Waals surface area contributed by atoms with Crippen LogP contribution in [0.5, 0.6) is 0 Å². The zero-order chi connectivity index (χ0) is 11.4. The fourth-order valence-electron chi connectivity index (χ4n) is 1.37. The van der Waals surface area contributed by atoms with E-state index in [2.05, 4.69) is 12.6 Å². The molecule has 0 saturated heterocycles. The van der Waals surface area contributed by atoms with Gasteiger partial charge in [-0.2, -0.15) is 12.6 Å². The van der Waals surface area contributed by atoms with Gasteiger partial charge in [0.1, 0.15) is 11.7 Å². The molecule has 15 heavy (non-hydrogen) atoms. The lowest BCUT2D eigenvalue weighted by atomic mass is 9.95. The van der Waals surface area contributed by atoms with Crippen LogP contribution in [0.3, 0.4) is 0 Å². The Balaban J connectivity index is 2.96. The van der Waals surface area contributed by atoms with Crippen molar-refractivity contribution in [3.63, 3.8) is 0 Å². The summed E-state index contributed by atoms with van der Waals surface area (Å²) in [5.41, 5.74) is 0.739. The van der Waals surface area contributed by atoms with Gasteiger partial charge in [-0.25, -0.2) is 0 Å². The molecule has 1 N–H and O–H groups in total. The van der Waals surface area contributed by atoms with Crippen molar-refractivity contribution in [2.24, 2.45) is 5.92 Å². The molecular weight excluding hydrogens is 212 g/mol. The van der Waals surface area contributed by atoms with E-state index in [4.69, 9.17) is 5.11 Å². The van der Waals surface area contributed by atoms with Gasteiger partial charge in [0.05, 0.1) is 0 Å². The molecule has 0 aromatic heterocycles. The van der Waals surface area contributed by atoms with E-state index in [1.54, 1.807) is 24.3 Å². The Hall–Kier alpha value is -1.29. The van der Waals surface area contributed by atoms with Gasteiger partial charge in [0.15, 0.2) is 0 Å². The largest absolute Gasteiger partial charge is 0.481 e. The third kappa shape index (κ3) is 2.83. The van der Waals surface area contributed by atoms with E-state index in [9.17, 15) is 9.59 Å². The van der Waals surface area contributed by atoms with Crippen LogP contribution < -0.4 is 0 Å². The summed E-state index contributed by atoms with van der Waals surface area (Å²) in [5.74, 6) is -2.60. The summed E-state index contributed by atoms with van der Waals surface area (Å²) in [6.45, 7) is 1.27. The van der Waals surface area contributed by atoms with Gasteiger partial charge >= 0.3 is 5.97 Å². The molecule has 1 aromatic rings. The minimum absolute atomic E-state index is 0.383. The van der Waals surface area contributed by atoms with E-state index in [1.165, 1.54) is 6.92 Å². The summed E-state index contributed by atoms with van der Waals surface area (Å²) in [4.78, 5) is 22.1. The fraction of sp³-hybridized carbons (Fsp3) is 0.273. The number of benzene rings is 1. The smallest absolute Gasteiger partial charge is 0.315 e. The van der Waals surface area contributed by atoms with E-state index >= 15 is 0 Å². The summed E-state index contributed by atoms with van der Waals surface area (Å²) < 4.78 is 0. The Morgan fingerprint density at radius 3 is 2.20 bits per heavy atom. The molecule has 0 aliphatic rings. The Labute approximate surface area is 93.5 Å². The van der Waals surface area contributed by atoms with Crippen LogP contribution in [-0.4, -0.2) is 16.9 Å². The van der Waals surface area contributed by atoms with Crippen LogP contribution in [0.15, 0.2) is 30.3 Å². The van der Waals surface area contributed by atoms with Gasteiger partial charge in [-0.3, -0.25) is 9.59 Å². The number of thiol groups is 1. The van der Waals surface area contributed by atoms with Crippen molar-refractivity contribution < 1.29 is 14.7 Å². The number of hydrogen-bond donors (Lipinski definition) is 2.